The molecule has 0 aliphatic rings. The van der Waals surface area contributed by atoms with Crippen molar-refractivity contribution in [1.82, 2.24) is 5.32 Å². The van der Waals surface area contributed by atoms with Gasteiger partial charge in [-0.3, -0.25) is 0 Å². The maximum Gasteiger partial charge on any atom is 0.0488 e. The molecule has 0 aliphatic heterocycles. The Balaban J connectivity index is 3.47. The molecular weight excluding hydrogens is 194 g/mol. The first-order valence-corrected chi connectivity index (χ1v) is 6.40. The van der Waals surface area contributed by atoms with E-state index in [1.807, 2.05) is 0 Å². The Kier molecular flexibility index (Phi) is 8.70. The molecule has 14 heavy (non-hydrogen) atoms. The molecule has 0 aromatic heterocycles. The smallest absolute Gasteiger partial charge is 0.0488 e. The molecule has 0 radical (unpaired) electrons. The summed E-state index contributed by atoms with van der Waals surface area (Å²) in [7, 11) is 0. The van der Waals surface area contributed by atoms with Crippen LogP contribution in [0.5, 0.6) is 0 Å². The number of halogens is 1. The van der Waals surface area contributed by atoms with Gasteiger partial charge in [-0.05, 0) is 24.8 Å². The standard InChI is InChI=1S/C12H26ClN/c1-5-11(6-2)12(13)9-14-8-7-10(3)4/h10-12,14H,5-9H2,1-4H3. The Hall–Kier alpha value is 0.250. The van der Waals surface area contributed by atoms with Crippen molar-refractivity contribution in [3.05, 3.63) is 0 Å². The summed E-state index contributed by atoms with van der Waals surface area (Å²) in [5.74, 6) is 1.45. The molecule has 86 valence electrons. The van der Waals surface area contributed by atoms with E-state index < -0.39 is 0 Å². The molecule has 0 saturated carbocycles. The van der Waals surface area contributed by atoms with Gasteiger partial charge in [-0.15, -0.1) is 11.6 Å². The fraction of sp³-hybridized carbons (Fsp3) is 1.00. The average molecular weight is 220 g/mol. The van der Waals surface area contributed by atoms with Gasteiger partial charge < -0.3 is 5.32 Å². The van der Waals surface area contributed by atoms with Gasteiger partial charge in [-0.1, -0.05) is 40.5 Å². The second-order valence-corrected chi connectivity index (χ2v) is 5.04. The molecule has 1 nitrogen and oxygen atoms in total. The lowest BCUT2D eigenvalue weighted by Crippen LogP contribution is -2.29. The van der Waals surface area contributed by atoms with Gasteiger partial charge in [0.1, 0.15) is 0 Å². The van der Waals surface area contributed by atoms with Crippen molar-refractivity contribution >= 4 is 11.6 Å². The molecule has 1 N–H and O–H groups in total. The summed E-state index contributed by atoms with van der Waals surface area (Å²) in [6, 6.07) is 0. The number of alkyl halides is 1. The highest BCUT2D eigenvalue weighted by atomic mass is 35.5. The molecule has 0 fully saturated rings. The number of nitrogens with one attached hydrogen (secondary N) is 1. The highest BCUT2D eigenvalue weighted by Gasteiger charge is 2.14. The van der Waals surface area contributed by atoms with Gasteiger partial charge >= 0.3 is 0 Å². The van der Waals surface area contributed by atoms with Crippen LogP contribution in [0.25, 0.3) is 0 Å². The van der Waals surface area contributed by atoms with Gasteiger partial charge in [0.15, 0.2) is 0 Å². The van der Waals surface area contributed by atoms with Gasteiger partial charge in [0.05, 0.1) is 0 Å². The van der Waals surface area contributed by atoms with Crippen LogP contribution < -0.4 is 5.32 Å². The Morgan fingerprint density at radius 1 is 1.14 bits per heavy atom. The maximum atomic E-state index is 6.30. The summed E-state index contributed by atoms with van der Waals surface area (Å²) < 4.78 is 0. The van der Waals surface area contributed by atoms with Crippen LogP contribution in [0.4, 0.5) is 0 Å². The molecule has 1 atom stereocenters. The van der Waals surface area contributed by atoms with E-state index in [0.29, 0.717) is 11.3 Å². The largest absolute Gasteiger partial charge is 0.315 e. The molecule has 0 aromatic rings. The average Bonchev–Trinajstić information content (AvgIpc) is 2.14. The van der Waals surface area contributed by atoms with E-state index in [0.717, 1.165) is 19.0 Å². The van der Waals surface area contributed by atoms with E-state index in [1.165, 1.54) is 19.3 Å². The molecule has 1 unspecified atom stereocenters. The Labute approximate surface area is 94.6 Å². The monoisotopic (exact) mass is 219 g/mol. The van der Waals surface area contributed by atoms with Gasteiger partial charge in [0, 0.05) is 11.9 Å². The summed E-state index contributed by atoms with van der Waals surface area (Å²) in [5, 5.41) is 3.74. The normalized spacial score (nSPS) is 13.9. The van der Waals surface area contributed by atoms with Gasteiger partial charge in [-0.2, -0.15) is 0 Å². The first-order valence-electron chi connectivity index (χ1n) is 5.96. The molecule has 0 heterocycles. The highest BCUT2D eigenvalue weighted by Crippen LogP contribution is 2.17. The Morgan fingerprint density at radius 2 is 1.71 bits per heavy atom. The third-order valence-corrected chi connectivity index (χ3v) is 3.31. The zero-order valence-corrected chi connectivity index (χ0v) is 10.9. The molecule has 0 aromatic carbocycles. The Morgan fingerprint density at radius 3 is 2.14 bits per heavy atom. The summed E-state index contributed by atoms with van der Waals surface area (Å²) in [5.41, 5.74) is 0. The van der Waals surface area contributed by atoms with Gasteiger partial charge in [0.2, 0.25) is 0 Å². The highest BCUT2D eigenvalue weighted by molar-refractivity contribution is 6.21. The van der Waals surface area contributed by atoms with Crippen molar-refractivity contribution in [2.75, 3.05) is 13.1 Å². The van der Waals surface area contributed by atoms with Crippen LogP contribution in [0.15, 0.2) is 0 Å². The van der Waals surface area contributed by atoms with E-state index >= 15 is 0 Å². The minimum absolute atomic E-state index is 0.303. The van der Waals surface area contributed by atoms with Crippen molar-refractivity contribution in [2.24, 2.45) is 11.8 Å². The minimum Gasteiger partial charge on any atom is -0.315 e. The van der Waals surface area contributed by atoms with Crippen LogP contribution in [0.1, 0.15) is 47.0 Å². The molecule has 0 bridgehead atoms. The topological polar surface area (TPSA) is 12.0 Å². The lowest BCUT2D eigenvalue weighted by Gasteiger charge is -2.19. The molecule has 2 heteroatoms. The van der Waals surface area contributed by atoms with Crippen molar-refractivity contribution in [3.8, 4) is 0 Å². The molecule has 0 spiro atoms. The van der Waals surface area contributed by atoms with Crippen LogP contribution in [0.2, 0.25) is 0 Å². The van der Waals surface area contributed by atoms with Gasteiger partial charge in [-0.25, -0.2) is 0 Å². The summed E-state index contributed by atoms with van der Waals surface area (Å²) in [6.45, 7) is 11.0. The Bertz CT molecular complexity index is 121. The van der Waals surface area contributed by atoms with Crippen LogP contribution in [-0.4, -0.2) is 18.5 Å². The summed E-state index contributed by atoms with van der Waals surface area (Å²) in [4.78, 5) is 0. The number of hydrogen-bond acceptors (Lipinski definition) is 1. The lowest BCUT2D eigenvalue weighted by molar-refractivity contribution is 0.437. The molecule has 0 amide bonds. The van der Waals surface area contributed by atoms with Crippen LogP contribution in [-0.2, 0) is 0 Å². The third kappa shape index (κ3) is 6.67. The van der Waals surface area contributed by atoms with E-state index in [9.17, 15) is 0 Å². The SMILES string of the molecule is CCC(CC)C(Cl)CNCCC(C)C. The summed E-state index contributed by atoms with van der Waals surface area (Å²) >= 11 is 6.30. The minimum atomic E-state index is 0.303. The predicted octanol–water partition coefficient (Wildman–Crippen LogP) is 3.67. The third-order valence-electron chi connectivity index (χ3n) is 2.80. The summed E-state index contributed by atoms with van der Waals surface area (Å²) in [6.07, 6.45) is 3.62. The molecular formula is C12H26ClN. The van der Waals surface area contributed by atoms with E-state index in [-0.39, 0.29) is 0 Å². The second kappa shape index (κ2) is 8.55. The molecule has 0 aliphatic carbocycles. The predicted molar refractivity (Wildman–Crippen MR) is 66.0 cm³/mol. The van der Waals surface area contributed by atoms with Crippen molar-refractivity contribution in [1.29, 1.82) is 0 Å². The fourth-order valence-corrected chi connectivity index (χ4v) is 2.06. The van der Waals surface area contributed by atoms with Crippen LogP contribution in [0, 0.1) is 11.8 Å². The zero-order chi connectivity index (χ0) is 11.0. The molecule has 0 rings (SSSR count). The zero-order valence-electron chi connectivity index (χ0n) is 10.1. The number of rotatable bonds is 8. The fourth-order valence-electron chi connectivity index (χ4n) is 1.60. The van der Waals surface area contributed by atoms with Crippen LogP contribution in [0.3, 0.4) is 0 Å². The van der Waals surface area contributed by atoms with E-state index in [2.05, 4.69) is 33.0 Å². The van der Waals surface area contributed by atoms with Crippen molar-refractivity contribution < 1.29 is 0 Å². The maximum absolute atomic E-state index is 6.30. The van der Waals surface area contributed by atoms with E-state index in [4.69, 9.17) is 11.6 Å². The van der Waals surface area contributed by atoms with E-state index in [1.54, 1.807) is 0 Å². The first kappa shape index (κ1) is 14.2. The van der Waals surface area contributed by atoms with Crippen molar-refractivity contribution in [2.45, 2.75) is 52.3 Å². The molecule has 0 saturated heterocycles. The lowest BCUT2D eigenvalue weighted by atomic mass is 9.99. The van der Waals surface area contributed by atoms with Crippen LogP contribution >= 0.6 is 11.6 Å². The van der Waals surface area contributed by atoms with Gasteiger partial charge in [0.25, 0.3) is 0 Å². The van der Waals surface area contributed by atoms with Crippen molar-refractivity contribution in [3.63, 3.8) is 0 Å². The first-order chi connectivity index (χ1) is 6.61. The second-order valence-electron chi connectivity index (χ2n) is 4.48. The number of hydrogen-bond donors (Lipinski definition) is 1. The quantitative estimate of drug-likeness (QED) is 0.485.